The Hall–Kier alpha value is -1.98. The van der Waals surface area contributed by atoms with E-state index in [4.69, 9.17) is 5.73 Å². The topological polar surface area (TPSA) is 97.6 Å². The summed E-state index contributed by atoms with van der Waals surface area (Å²) in [4.78, 5) is 24.8. The molecule has 0 unspecified atom stereocenters. The van der Waals surface area contributed by atoms with Gasteiger partial charge in [-0.05, 0) is 0 Å². The van der Waals surface area contributed by atoms with Crippen LogP contribution in [0.2, 0.25) is 0 Å². The van der Waals surface area contributed by atoms with Gasteiger partial charge in [-0.3, -0.25) is 4.79 Å². The number of hydrogen-bond acceptors (Lipinski definition) is 4. The van der Waals surface area contributed by atoms with Crippen LogP contribution in [0.15, 0.2) is 12.5 Å². The van der Waals surface area contributed by atoms with Crippen LogP contribution in [0, 0.1) is 0 Å². The third-order valence-corrected chi connectivity index (χ3v) is 1.40. The van der Waals surface area contributed by atoms with Crippen LogP contribution < -0.4 is 5.73 Å². The summed E-state index contributed by atoms with van der Waals surface area (Å²) in [5.74, 6) is -0.672. The number of primary amides is 1. The maximum Gasteiger partial charge on any atom is 0.286 e. The highest BCUT2D eigenvalue weighted by Gasteiger charge is 2.05. The summed E-state index contributed by atoms with van der Waals surface area (Å²) in [7, 11) is 0. The zero-order chi connectivity index (χ0) is 8.55. The molecule has 6 nitrogen and oxygen atoms in total. The van der Waals surface area contributed by atoms with Gasteiger partial charge in [0.15, 0.2) is 5.65 Å². The van der Waals surface area contributed by atoms with E-state index in [1.807, 2.05) is 0 Å². The first kappa shape index (κ1) is 6.71. The average molecular weight is 163 g/mol. The molecule has 2 aromatic heterocycles. The van der Waals surface area contributed by atoms with Crippen molar-refractivity contribution in [2.24, 2.45) is 5.73 Å². The number of aromatic amines is 1. The Balaban J connectivity index is 2.68. The molecule has 2 aromatic rings. The fourth-order valence-corrected chi connectivity index (χ4v) is 0.855. The Morgan fingerprint density at radius 3 is 3.08 bits per heavy atom. The predicted octanol–water partition coefficient (Wildman–Crippen LogP) is -0.548. The molecule has 60 valence electrons. The van der Waals surface area contributed by atoms with Crippen LogP contribution >= 0.6 is 0 Å². The molecule has 0 aliphatic rings. The summed E-state index contributed by atoms with van der Waals surface area (Å²) >= 11 is 0. The summed E-state index contributed by atoms with van der Waals surface area (Å²) in [6.45, 7) is 0. The number of H-pyrrole nitrogens is 1. The second kappa shape index (κ2) is 2.26. The van der Waals surface area contributed by atoms with Crippen molar-refractivity contribution >= 4 is 17.1 Å². The number of amides is 1. The molecule has 0 saturated carbocycles. The molecule has 0 aliphatic carbocycles. The highest BCUT2D eigenvalue weighted by atomic mass is 16.1. The zero-order valence-electron chi connectivity index (χ0n) is 5.98. The smallest absolute Gasteiger partial charge is 0.286 e. The van der Waals surface area contributed by atoms with E-state index in [1.165, 1.54) is 12.5 Å². The number of nitrogens with one attached hydrogen (secondary N) is 1. The van der Waals surface area contributed by atoms with Gasteiger partial charge in [-0.25, -0.2) is 15.0 Å². The fraction of sp³-hybridized carbons (Fsp3) is 0. The number of hydrogen-bond donors (Lipinski definition) is 2. The van der Waals surface area contributed by atoms with Crippen LogP contribution in [0.25, 0.3) is 11.2 Å². The van der Waals surface area contributed by atoms with E-state index < -0.39 is 5.91 Å². The van der Waals surface area contributed by atoms with E-state index >= 15 is 0 Å². The van der Waals surface area contributed by atoms with Crippen LogP contribution in [0.4, 0.5) is 0 Å². The van der Waals surface area contributed by atoms with Gasteiger partial charge in [-0.2, -0.15) is 0 Å². The molecule has 0 spiro atoms. The molecule has 6 heteroatoms. The van der Waals surface area contributed by atoms with Crippen LogP contribution in [0.3, 0.4) is 0 Å². The summed E-state index contributed by atoms with van der Waals surface area (Å²) in [5.41, 5.74) is 6.10. The minimum Gasteiger partial charge on any atom is -0.363 e. The summed E-state index contributed by atoms with van der Waals surface area (Å²) in [6, 6.07) is 0. The minimum atomic E-state index is -0.653. The van der Waals surface area contributed by atoms with Crippen molar-refractivity contribution in [3.8, 4) is 0 Å². The van der Waals surface area contributed by atoms with Crippen molar-refractivity contribution in [1.82, 2.24) is 19.9 Å². The van der Waals surface area contributed by atoms with Gasteiger partial charge in [0.25, 0.3) is 5.91 Å². The lowest BCUT2D eigenvalue weighted by Crippen LogP contribution is -2.14. The summed E-state index contributed by atoms with van der Waals surface area (Å²) in [5, 5.41) is 0. The maximum absolute atomic E-state index is 10.6. The molecule has 0 atom stereocenters. The highest BCUT2D eigenvalue weighted by molar-refractivity contribution is 5.90. The molecule has 2 heterocycles. The second-order valence-corrected chi connectivity index (χ2v) is 2.20. The van der Waals surface area contributed by atoms with Gasteiger partial charge in [0.05, 0.1) is 12.5 Å². The molecular weight excluding hydrogens is 158 g/mol. The zero-order valence-corrected chi connectivity index (χ0v) is 5.98. The standard InChI is InChI=1S/C6H5N5O/c7-4(12)6-8-1-3-5(11-6)10-2-9-3/h1-2H,(H2,7,12)(H,8,9,10,11). The maximum atomic E-state index is 10.6. The molecule has 0 radical (unpaired) electrons. The van der Waals surface area contributed by atoms with E-state index in [9.17, 15) is 4.79 Å². The number of fused-ring (bicyclic) bond motifs is 1. The van der Waals surface area contributed by atoms with E-state index in [2.05, 4.69) is 19.9 Å². The number of nitrogens with zero attached hydrogens (tertiary/aromatic N) is 3. The molecule has 0 bridgehead atoms. The first-order valence-corrected chi connectivity index (χ1v) is 3.23. The second-order valence-electron chi connectivity index (χ2n) is 2.20. The molecule has 12 heavy (non-hydrogen) atoms. The Bertz CT molecular complexity index is 434. The fourth-order valence-electron chi connectivity index (χ4n) is 0.855. The van der Waals surface area contributed by atoms with Gasteiger partial charge in [-0.1, -0.05) is 0 Å². The van der Waals surface area contributed by atoms with Crippen LogP contribution in [0.5, 0.6) is 0 Å². The molecule has 1 amide bonds. The van der Waals surface area contributed by atoms with Crippen LogP contribution in [-0.4, -0.2) is 25.8 Å². The highest BCUT2D eigenvalue weighted by Crippen LogP contribution is 2.02. The van der Waals surface area contributed by atoms with Gasteiger partial charge in [0.2, 0.25) is 5.82 Å². The SMILES string of the molecule is NC(=O)c1ncc2[nH]cnc2n1. The van der Waals surface area contributed by atoms with Crippen molar-refractivity contribution in [2.75, 3.05) is 0 Å². The molecule has 0 fully saturated rings. The molecule has 0 aliphatic heterocycles. The quantitative estimate of drug-likeness (QED) is 0.589. The largest absolute Gasteiger partial charge is 0.363 e. The number of nitrogens with two attached hydrogens (primary N) is 1. The predicted molar refractivity (Wildman–Crippen MR) is 40.2 cm³/mol. The first-order chi connectivity index (χ1) is 5.77. The molecular formula is C6H5N5O. The normalized spacial score (nSPS) is 10.3. The molecule has 0 saturated heterocycles. The van der Waals surface area contributed by atoms with Gasteiger partial charge in [-0.15, -0.1) is 0 Å². The first-order valence-electron chi connectivity index (χ1n) is 3.23. The lowest BCUT2D eigenvalue weighted by atomic mass is 10.5. The molecule has 0 aromatic carbocycles. The van der Waals surface area contributed by atoms with Crippen molar-refractivity contribution in [1.29, 1.82) is 0 Å². The van der Waals surface area contributed by atoms with Gasteiger partial charge < -0.3 is 10.7 Å². The third-order valence-electron chi connectivity index (χ3n) is 1.40. The van der Waals surface area contributed by atoms with E-state index in [0.29, 0.717) is 11.2 Å². The Morgan fingerprint density at radius 2 is 2.33 bits per heavy atom. The average Bonchev–Trinajstić information content (AvgIpc) is 2.49. The van der Waals surface area contributed by atoms with E-state index in [0.717, 1.165) is 0 Å². The van der Waals surface area contributed by atoms with Gasteiger partial charge in [0.1, 0.15) is 5.52 Å². The number of carbonyl (C=O) groups excluding carboxylic acids is 1. The number of carbonyl (C=O) groups is 1. The summed E-state index contributed by atoms with van der Waals surface area (Å²) < 4.78 is 0. The Labute approximate surface area is 66.8 Å². The van der Waals surface area contributed by atoms with Crippen LogP contribution in [0.1, 0.15) is 10.6 Å². The van der Waals surface area contributed by atoms with Crippen molar-refractivity contribution in [3.05, 3.63) is 18.3 Å². The van der Waals surface area contributed by atoms with E-state index in [1.54, 1.807) is 0 Å². The molecule has 3 N–H and O–H groups in total. The summed E-state index contributed by atoms with van der Waals surface area (Å²) in [6.07, 6.45) is 2.94. The van der Waals surface area contributed by atoms with Gasteiger partial charge in [0, 0.05) is 0 Å². The van der Waals surface area contributed by atoms with Crippen LogP contribution in [-0.2, 0) is 0 Å². The minimum absolute atomic E-state index is 0.0189. The monoisotopic (exact) mass is 163 g/mol. The van der Waals surface area contributed by atoms with Crippen molar-refractivity contribution < 1.29 is 4.79 Å². The number of rotatable bonds is 1. The number of imidazole rings is 1. The number of aromatic nitrogens is 4. The Morgan fingerprint density at radius 1 is 1.50 bits per heavy atom. The third kappa shape index (κ3) is 0.895. The lowest BCUT2D eigenvalue weighted by Gasteiger charge is -1.91. The lowest BCUT2D eigenvalue weighted by molar-refractivity contribution is 0.0991. The molecule has 2 rings (SSSR count). The Kier molecular flexibility index (Phi) is 1.26. The van der Waals surface area contributed by atoms with Gasteiger partial charge >= 0.3 is 0 Å². The van der Waals surface area contributed by atoms with Crippen molar-refractivity contribution in [3.63, 3.8) is 0 Å². The van der Waals surface area contributed by atoms with Crippen molar-refractivity contribution in [2.45, 2.75) is 0 Å². The van der Waals surface area contributed by atoms with E-state index in [-0.39, 0.29) is 5.82 Å².